The molecule has 98 valence electrons. The van der Waals surface area contributed by atoms with Crippen LogP contribution in [0, 0.1) is 0 Å². The van der Waals surface area contributed by atoms with Gasteiger partial charge in [-0.05, 0) is 20.3 Å². The highest BCUT2D eigenvalue weighted by Crippen LogP contribution is 2.03. The minimum Gasteiger partial charge on any atom is -0.478 e. The summed E-state index contributed by atoms with van der Waals surface area (Å²) in [5.74, 6) is -1.64. The van der Waals surface area contributed by atoms with Crippen LogP contribution in [0.3, 0.4) is 0 Å². The average Bonchev–Trinajstić information content (AvgIpc) is 2.20. The van der Waals surface area contributed by atoms with E-state index < -0.39 is 21.7 Å². The molecule has 2 N–H and O–H groups in total. The minimum absolute atomic E-state index is 0.00600. The van der Waals surface area contributed by atoms with E-state index in [2.05, 4.69) is 5.32 Å². The third kappa shape index (κ3) is 6.72. The topological polar surface area (TPSA) is 101 Å². The van der Waals surface area contributed by atoms with Crippen LogP contribution in [0.4, 0.5) is 0 Å². The lowest BCUT2D eigenvalue weighted by Crippen LogP contribution is -2.27. The summed E-state index contributed by atoms with van der Waals surface area (Å²) in [6.45, 7) is 2.96. The molecule has 0 atom stereocenters. The van der Waals surface area contributed by atoms with Crippen molar-refractivity contribution in [2.75, 3.05) is 18.6 Å². The Morgan fingerprint density at radius 2 is 1.71 bits per heavy atom. The molecule has 6 nitrogen and oxygen atoms in total. The second-order valence-corrected chi connectivity index (χ2v) is 6.05. The standard InChI is InChI=1S/C10H17NO5S/c1-7(8(2)10(13)14)9(12)11-5-4-6-17(3,15)16/h4-6H2,1-3H3,(H,11,12)(H,13,14). The number of nitrogens with one attached hydrogen (secondary N) is 1. The van der Waals surface area contributed by atoms with Crippen LogP contribution >= 0.6 is 0 Å². The summed E-state index contributed by atoms with van der Waals surface area (Å²) >= 11 is 0. The molecule has 0 aliphatic heterocycles. The molecule has 0 bridgehead atoms. The van der Waals surface area contributed by atoms with Crippen molar-refractivity contribution in [3.05, 3.63) is 11.1 Å². The van der Waals surface area contributed by atoms with Crippen molar-refractivity contribution in [3.63, 3.8) is 0 Å². The molecule has 17 heavy (non-hydrogen) atoms. The molecule has 0 fully saturated rings. The van der Waals surface area contributed by atoms with Crippen LogP contribution in [-0.4, -0.2) is 44.0 Å². The SMILES string of the molecule is CC(C(=O)O)=C(C)C(=O)NCCCS(C)(=O)=O. The summed E-state index contributed by atoms with van der Waals surface area (Å²) in [7, 11) is -3.03. The van der Waals surface area contributed by atoms with Crippen LogP contribution in [0.25, 0.3) is 0 Å². The monoisotopic (exact) mass is 263 g/mol. The number of amides is 1. The van der Waals surface area contributed by atoms with Gasteiger partial charge in [0.1, 0.15) is 9.84 Å². The fourth-order valence-corrected chi connectivity index (χ4v) is 1.67. The zero-order valence-electron chi connectivity index (χ0n) is 10.1. The van der Waals surface area contributed by atoms with Crippen molar-refractivity contribution >= 4 is 21.7 Å². The van der Waals surface area contributed by atoms with Gasteiger partial charge in [0.2, 0.25) is 5.91 Å². The van der Waals surface area contributed by atoms with Crippen LogP contribution in [0.15, 0.2) is 11.1 Å². The highest BCUT2D eigenvalue weighted by atomic mass is 32.2. The molecule has 0 aliphatic carbocycles. The lowest BCUT2D eigenvalue weighted by atomic mass is 10.1. The van der Waals surface area contributed by atoms with Crippen molar-refractivity contribution < 1.29 is 23.1 Å². The smallest absolute Gasteiger partial charge is 0.331 e. The Balaban J connectivity index is 4.21. The maximum atomic E-state index is 11.4. The first-order valence-corrected chi connectivity index (χ1v) is 7.08. The largest absolute Gasteiger partial charge is 0.478 e. The Morgan fingerprint density at radius 3 is 2.12 bits per heavy atom. The Bertz CT molecular complexity index is 436. The van der Waals surface area contributed by atoms with Crippen LogP contribution in [0.1, 0.15) is 20.3 Å². The van der Waals surface area contributed by atoms with Crippen molar-refractivity contribution in [2.24, 2.45) is 0 Å². The first-order chi connectivity index (χ1) is 7.65. The lowest BCUT2D eigenvalue weighted by Gasteiger charge is -2.06. The van der Waals surface area contributed by atoms with Gasteiger partial charge < -0.3 is 10.4 Å². The second-order valence-electron chi connectivity index (χ2n) is 3.79. The van der Waals surface area contributed by atoms with Gasteiger partial charge in [0, 0.05) is 23.9 Å². The summed E-state index contributed by atoms with van der Waals surface area (Å²) in [6, 6.07) is 0. The molecule has 0 rings (SSSR count). The third-order valence-electron chi connectivity index (χ3n) is 2.20. The van der Waals surface area contributed by atoms with Crippen LogP contribution in [0.5, 0.6) is 0 Å². The molecular formula is C10H17NO5S. The number of sulfone groups is 1. The van der Waals surface area contributed by atoms with Crippen LogP contribution in [0.2, 0.25) is 0 Å². The molecule has 0 aromatic rings. The van der Waals surface area contributed by atoms with Crippen LogP contribution in [-0.2, 0) is 19.4 Å². The number of aliphatic carboxylic acids is 1. The van der Waals surface area contributed by atoms with E-state index >= 15 is 0 Å². The molecule has 0 heterocycles. The number of rotatable bonds is 6. The molecule has 0 saturated heterocycles. The summed E-state index contributed by atoms with van der Waals surface area (Å²) in [5.41, 5.74) is 0.0995. The predicted octanol–water partition coefficient (Wildman–Crippen LogP) is -0.0417. The van der Waals surface area contributed by atoms with E-state index in [0.29, 0.717) is 6.42 Å². The zero-order valence-corrected chi connectivity index (χ0v) is 10.9. The Kier molecular flexibility index (Phi) is 5.87. The summed E-state index contributed by atoms with van der Waals surface area (Å²) < 4.78 is 21.6. The average molecular weight is 263 g/mol. The van der Waals surface area contributed by atoms with E-state index in [1.165, 1.54) is 13.8 Å². The normalized spacial score (nSPS) is 12.9. The molecular weight excluding hydrogens is 246 g/mol. The van der Waals surface area contributed by atoms with Gasteiger partial charge in [-0.15, -0.1) is 0 Å². The summed E-state index contributed by atoms with van der Waals surface area (Å²) in [6.07, 6.45) is 1.43. The maximum absolute atomic E-state index is 11.4. The number of carboxylic acid groups (broad SMARTS) is 1. The van der Waals surface area contributed by atoms with E-state index in [-0.39, 0.29) is 23.4 Å². The molecule has 0 aromatic carbocycles. The number of carbonyl (C=O) groups excluding carboxylic acids is 1. The van der Waals surface area contributed by atoms with Gasteiger partial charge in [0.25, 0.3) is 0 Å². The molecule has 0 aromatic heterocycles. The van der Waals surface area contributed by atoms with Crippen molar-refractivity contribution in [1.82, 2.24) is 5.32 Å². The second kappa shape index (κ2) is 6.39. The molecule has 0 saturated carbocycles. The van der Waals surface area contributed by atoms with Crippen molar-refractivity contribution in [3.8, 4) is 0 Å². The van der Waals surface area contributed by atoms with Crippen LogP contribution < -0.4 is 5.32 Å². The van der Waals surface area contributed by atoms with E-state index in [1.807, 2.05) is 0 Å². The Morgan fingerprint density at radius 1 is 1.18 bits per heavy atom. The van der Waals surface area contributed by atoms with Gasteiger partial charge in [-0.3, -0.25) is 4.79 Å². The lowest BCUT2D eigenvalue weighted by molar-refractivity contribution is -0.133. The molecule has 0 spiro atoms. The maximum Gasteiger partial charge on any atom is 0.331 e. The number of carboxylic acids is 1. The van der Waals surface area contributed by atoms with E-state index in [0.717, 1.165) is 6.26 Å². The van der Waals surface area contributed by atoms with Crippen molar-refractivity contribution in [1.29, 1.82) is 0 Å². The third-order valence-corrected chi connectivity index (χ3v) is 3.23. The minimum atomic E-state index is -3.03. The Hall–Kier alpha value is -1.37. The van der Waals surface area contributed by atoms with Gasteiger partial charge in [-0.25, -0.2) is 13.2 Å². The quantitative estimate of drug-likeness (QED) is 0.517. The summed E-state index contributed by atoms with van der Waals surface area (Å²) in [5, 5.41) is 11.1. The molecule has 0 unspecified atom stereocenters. The molecule has 0 aliphatic rings. The molecule has 7 heteroatoms. The van der Waals surface area contributed by atoms with E-state index in [9.17, 15) is 18.0 Å². The Labute approximate surface area is 101 Å². The molecule has 0 radical (unpaired) electrons. The zero-order chi connectivity index (χ0) is 13.6. The first-order valence-electron chi connectivity index (χ1n) is 5.02. The van der Waals surface area contributed by atoms with Gasteiger partial charge in [-0.2, -0.15) is 0 Å². The van der Waals surface area contributed by atoms with Crippen molar-refractivity contribution in [2.45, 2.75) is 20.3 Å². The van der Waals surface area contributed by atoms with Gasteiger partial charge in [0.15, 0.2) is 0 Å². The fraction of sp³-hybridized carbons (Fsp3) is 0.600. The van der Waals surface area contributed by atoms with E-state index in [1.54, 1.807) is 0 Å². The fourth-order valence-electron chi connectivity index (χ4n) is 1.000. The highest BCUT2D eigenvalue weighted by molar-refractivity contribution is 7.90. The molecule has 1 amide bonds. The number of hydrogen-bond acceptors (Lipinski definition) is 4. The van der Waals surface area contributed by atoms with E-state index in [4.69, 9.17) is 5.11 Å². The van der Waals surface area contributed by atoms with Gasteiger partial charge in [0.05, 0.1) is 5.75 Å². The number of carbonyl (C=O) groups is 2. The van der Waals surface area contributed by atoms with Gasteiger partial charge >= 0.3 is 5.97 Å². The predicted molar refractivity (Wildman–Crippen MR) is 63.3 cm³/mol. The first kappa shape index (κ1) is 15.6. The highest BCUT2D eigenvalue weighted by Gasteiger charge is 2.12. The number of hydrogen-bond donors (Lipinski definition) is 2. The summed E-state index contributed by atoms with van der Waals surface area (Å²) in [4.78, 5) is 22.0. The van der Waals surface area contributed by atoms with Gasteiger partial charge in [-0.1, -0.05) is 0 Å².